The van der Waals surface area contributed by atoms with Gasteiger partial charge in [0.15, 0.2) is 0 Å². The molecule has 2 N–H and O–H groups in total. The maximum Gasteiger partial charge on any atom is 0.0589 e. The molecule has 1 aliphatic rings. The van der Waals surface area contributed by atoms with E-state index < -0.39 is 0 Å². The molecule has 0 aromatic rings. The lowest BCUT2D eigenvalue weighted by atomic mass is 9.82. The van der Waals surface area contributed by atoms with E-state index in [4.69, 9.17) is 15.2 Å². The molecule has 0 spiro atoms. The zero-order chi connectivity index (χ0) is 14.0. The molecule has 0 aromatic heterocycles. The number of hydrogen-bond acceptors (Lipinski definition) is 4. The van der Waals surface area contributed by atoms with Crippen LogP contribution in [0.4, 0.5) is 0 Å². The lowest BCUT2D eigenvalue weighted by molar-refractivity contribution is 0.0215. The van der Waals surface area contributed by atoms with Gasteiger partial charge >= 0.3 is 0 Å². The van der Waals surface area contributed by atoms with Crippen molar-refractivity contribution >= 4 is 0 Å². The summed E-state index contributed by atoms with van der Waals surface area (Å²) in [6, 6.07) is 0. The van der Waals surface area contributed by atoms with Gasteiger partial charge in [-0.15, -0.1) is 0 Å². The van der Waals surface area contributed by atoms with Gasteiger partial charge in [0, 0.05) is 39.4 Å². The van der Waals surface area contributed by atoms with Crippen molar-refractivity contribution in [3.63, 3.8) is 0 Å². The monoisotopic (exact) mass is 272 g/mol. The Hall–Kier alpha value is -0.160. The van der Waals surface area contributed by atoms with Gasteiger partial charge in [0.2, 0.25) is 0 Å². The minimum atomic E-state index is 0.164. The molecule has 0 amide bonds. The van der Waals surface area contributed by atoms with Crippen molar-refractivity contribution in [2.45, 2.75) is 50.5 Å². The van der Waals surface area contributed by atoms with Crippen molar-refractivity contribution < 1.29 is 9.47 Å². The number of nitrogens with zero attached hydrogens (tertiary/aromatic N) is 1. The normalized spacial score (nSPS) is 20.2. The van der Waals surface area contributed by atoms with Crippen LogP contribution in [-0.4, -0.2) is 57.5 Å². The molecule has 1 fully saturated rings. The van der Waals surface area contributed by atoms with Gasteiger partial charge in [-0.2, -0.15) is 0 Å². The van der Waals surface area contributed by atoms with Gasteiger partial charge in [-0.3, -0.25) is 4.90 Å². The molecule has 19 heavy (non-hydrogen) atoms. The fourth-order valence-electron chi connectivity index (χ4n) is 3.20. The summed E-state index contributed by atoms with van der Waals surface area (Å²) < 4.78 is 10.5. The highest BCUT2D eigenvalue weighted by Crippen LogP contribution is 2.31. The van der Waals surface area contributed by atoms with Crippen LogP contribution in [0.25, 0.3) is 0 Å². The Morgan fingerprint density at radius 1 is 0.895 bits per heavy atom. The van der Waals surface area contributed by atoms with E-state index in [1.54, 1.807) is 14.2 Å². The lowest BCUT2D eigenvalue weighted by Gasteiger charge is -2.44. The Kier molecular flexibility index (Phi) is 8.62. The van der Waals surface area contributed by atoms with Crippen LogP contribution in [0.3, 0.4) is 0 Å². The summed E-state index contributed by atoms with van der Waals surface area (Å²) in [6.45, 7) is 4.20. The first kappa shape index (κ1) is 16.9. The van der Waals surface area contributed by atoms with E-state index in [9.17, 15) is 0 Å². The molecule has 0 aliphatic heterocycles. The predicted molar refractivity (Wildman–Crippen MR) is 79.4 cm³/mol. The number of methoxy groups -OCH3 is 2. The average molecular weight is 272 g/mol. The van der Waals surface area contributed by atoms with Crippen molar-refractivity contribution in [2.75, 3.05) is 47.1 Å². The Balaban J connectivity index is 2.70. The second-order valence-electron chi connectivity index (χ2n) is 5.67. The second-order valence-corrected chi connectivity index (χ2v) is 5.67. The smallest absolute Gasteiger partial charge is 0.0589 e. The van der Waals surface area contributed by atoms with Crippen LogP contribution in [0.2, 0.25) is 0 Å². The van der Waals surface area contributed by atoms with Crippen molar-refractivity contribution in [2.24, 2.45) is 5.73 Å². The third-order valence-electron chi connectivity index (χ3n) is 4.47. The zero-order valence-electron chi connectivity index (χ0n) is 12.8. The minimum Gasteiger partial charge on any atom is -0.383 e. The van der Waals surface area contributed by atoms with Gasteiger partial charge < -0.3 is 15.2 Å². The van der Waals surface area contributed by atoms with Crippen LogP contribution in [-0.2, 0) is 9.47 Å². The molecule has 1 aliphatic carbocycles. The summed E-state index contributed by atoms with van der Waals surface area (Å²) >= 11 is 0. The highest BCUT2D eigenvalue weighted by Gasteiger charge is 2.34. The first-order chi connectivity index (χ1) is 9.29. The fraction of sp³-hybridized carbons (Fsp3) is 1.00. The van der Waals surface area contributed by atoms with Crippen LogP contribution in [0, 0.1) is 0 Å². The molecule has 0 heterocycles. The van der Waals surface area contributed by atoms with Crippen molar-refractivity contribution in [1.29, 1.82) is 0 Å². The third-order valence-corrected chi connectivity index (χ3v) is 4.47. The Labute approximate surface area is 118 Å². The molecule has 4 nitrogen and oxygen atoms in total. The van der Waals surface area contributed by atoms with Gasteiger partial charge in [-0.05, 0) is 12.8 Å². The first-order valence-electron chi connectivity index (χ1n) is 7.72. The van der Waals surface area contributed by atoms with E-state index in [1.165, 1.54) is 44.9 Å². The molecule has 0 atom stereocenters. The summed E-state index contributed by atoms with van der Waals surface area (Å²) in [6.07, 6.45) is 9.13. The molecule has 0 radical (unpaired) electrons. The summed E-state index contributed by atoms with van der Waals surface area (Å²) in [5, 5.41) is 0. The van der Waals surface area contributed by atoms with Gasteiger partial charge in [-0.1, -0.05) is 32.1 Å². The molecular weight excluding hydrogens is 240 g/mol. The summed E-state index contributed by atoms with van der Waals surface area (Å²) in [7, 11) is 3.53. The van der Waals surface area contributed by atoms with E-state index >= 15 is 0 Å². The Morgan fingerprint density at radius 2 is 1.37 bits per heavy atom. The maximum atomic E-state index is 6.18. The molecule has 0 unspecified atom stereocenters. The SMILES string of the molecule is COCCN(CCOC)C1(CN)CCCCCCC1. The number of ether oxygens (including phenoxy) is 2. The highest BCUT2D eigenvalue weighted by molar-refractivity contribution is 4.92. The van der Waals surface area contributed by atoms with Crippen molar-refractivity contribution in [1.82, 2.24) is 4.90 Å². The van der Waals surface area contributed by atoms with Crippen molar-refractivity contribution in [3.05, 3.63) is 0 Å². The Morgan fingerprint density at radius 3 is 1.79 bits per heavy atom. The predicted octanol–water partition coefficient (Wildman–Crippen LogP) is 2.02. The standard InChI is InChI=1S/C15H32N2O2/c1-18-12-10-17(11-13-19-2)15(14-16)8-6-4-3-5-7-9-15/h3-14,16H2,1-2H3. The average Bonchev–Trinajstić information content (AvgIpc) is 2.40. The third kappa shape index (κ3) is 5.38. The lowest BCUT2D eigenvalue weighted by Crippen LogP contribution is -2.56. The number of nitrogens with two attached hydrogens (primary N) is 1. The van der Waals surface area contributed by atoms with Crippen LogP contribution < -0.4 is 5.73 Å². The molecule has 4 heteroatoms. The summed E-state index contributed by atoms with van der Waals surface area (Å²) in [5.41, 5.74) is 6.34. The van der Waals surface area contributed by atoms with Crippen LogP contribution >= 0.6 is 0 Å². The van der Waals surface area contributed by atoms with E-state index in [0.29, 0.717) is 0 Å². The van der Waals surface area contributed by atoms with Gasteiger partial charge in [0.1, 0.15) is 0 Å². The van der Waals surface area contributed by atoms with Gasteiger partial charge in [0.05, 0.1) is 13.2 Å². The molecule has 1 rings (SSSR count). The molecule has 1 saturated carbocycles. The topological polar surface area (TPSA) is 47.7 Å². The van der Waals surface area contributed by atoms with Crippen LogP contribution in [0.1, 0.15) is 44.9 Å². The number of rotatable bonds is 8. The van der Waals surface area contributed by atoms with E-state index in [1.807, 2.05) is 0 Å². The Bertz CT molecular complexity index is 208. The summed E-state index contributed by atoms with van der Waals surface area (Å²) in [4.78, 5) is 2.52. The van der Waals surface area contributed by atoms with Crippen LogP contribution in [0.5, 0.6) is 0 Å². The summed E-state index contributed by atoms with van der Waals surface area (Å²) in [5.74, 6) is 0. The highest BCUT2D eigenvalue weighted by atomic mass is 16.5. The maximum absolute atomic E-state index is 6.18. The van der Waals surface area contributed by atoms with Crippen molar-refractivity contribution in [3.8, 4) is 0 Å². The minimum absolute atomic E-state index is 0.164. The zero-order valence-corrected chi connectivity index (χ0v) is 12.8. The number of hydrogen-bond donors (Lipinski definition) is 1. The molecule has 0 bridgehead atoms. The first-order valence-corrected chi connectivity index (χ1v) is 7.72. The second kappa shape index (κ2) is 9.70. The molecule has 0 saturated heterocycles. The quantitative estimate of drug-likeness (QED) is 0.734. The fourth-order valence-corrected chi connectivity index (χ4v) is 3.20. The van der Waals surface area contributed by atoms with Crippen LogP contribution in [0.15, 0.2) is 0 Å². The molecule has 114 valence electrons. The molecular formula is C15H32N2O2. The van der Waals surface area contributed by atoms with E-state index in [0.717, 1.165) is 32.8 Å². The largest absolute Gasteiger partial charge is 0.383 e. The van der Waals surface area contributed by atoms with Gasteiger partial charge in [0.25, 0.3) is 0 Å². The van der Waals surface area contributed by atoms with E-state index in [2.05, 4.69) is 4.90 Å². The van der Waals surface area contributed by atoms with E-state index in [-0.39, 0.29) is 5.54 Å². The molecule has 0 aromatic carbocycles. The van der Waals surface area contributed by atoms with Gasteiger partial charge in [-0.25, -0.2) is 0 Å².